The van der Waals surface area contributed by atoms with Gasteiger partial charge in [0.15, 0.2) is 0 Å². The third-order valence-corrected chi connectivity index (χ3v) is 5.98. The van der Waals surface area contributed by atoms with Gasteiger partial charge in [-0.15, -0.1) is 0 Å². The number of fused-ring (bicyclic) bond motifs is 1. The summed E-state index contributed by atoms with van der Waals surface area (Å²) in [7, 11) is 0. The molecule has 0 bridgehead atoms. The van der Waals surface area contributed by atoms with Crippen LogP contribution in [0.2, 0.25) is 0 Å². The van der Waals surface area contributed by atoms with Crippen LogP contribution in [0.4, 0.5) is 0 Å². The predicted molar refractivity (Wildman–Crippen MR) is 129 cm³/mol. The molecule has 0 aliphatic heterocycles. The monoisotopic (exact) mass is 475 g/mol. The van der Waals surface area contributed by atoms with Crippen molar-refractivity contribution in [3.05, 3.63) is 94.7 Å². The maximum Gasteiger partial charge on any atom is 0.220 e. The number of pyridine rings is 1. The summed E-state index contributed by atoms with van der Waals surface area (Å²) in [6, 6.07) is 24.7. The van der Waals surface area contributed by atoms with Crippen LogP contribution in [0.5, 0.6) is 0 Å². The van der Waals surface area contributed by atoms with Crippen LogP contribution in [0.3, 0.4) is 0 Å². The number of aryl methyl sites for hydroxylation is 2. The van der Waals surface area contributed by atoms with Crippen LogP contribution >= 0.6 is 15.9 Å². The maximum absolute atomic E-state index is 12.6. The van der Waals surface area contributed by atoms with Gasteiger partial charge in [0.25, 0.3) is 0 Å². The van der Waals surface area contributed by atoms with Crippen molar-refractivity contribution >= 4 is 27.5 Å². The lowest BCUT2D eigenvalue weighted by atomic mass is 10.1. The fraction of sp³-hybridized carbons (Fsp3) is 0.231. The minimum absolute atomic E-state index is 0.0770. The first-order valence-electron chi connectivity index (χ1n) is 10.7. The molecule has 0 aliphatic rings. The van der Waals surface area contributed by atoms with Crippen LogP contribution in [-0.4, -0.2) is 21.3 Å². The highest BCUT2D eigenvalue weighted by molar-refractivity contribution is 9.10. The Bertz CT molecular complexity index is 1150. The SMILES string of the molecule is C[C@H](CCc1ccccc1)NC(=O)CCc1c(-c2ccc(Br)cc2)nc2ccccn12. The topological polar surface area (TPSA) is 46.4 Å². The van der Waals surface area contributed by atoms with Crippen molar-refractivity contribution in [2.24, 2.45) is 0 Å². The van der Waals surface area contributed by atoms with Gasteiger partial charge in [-0.2, -0.15) is 0 Å². The zero-order valence-corrected chi connectivity index (χ0v) is 19.2. The third kappa shape index (κ3) is 5.42. The number of carbonyl (C=O) groups is 1. The van der Waals surface area contributed by atoms with Gasteiger partial charge in [-0.1, -0.05) is 64.5 Å². The zero-order valence-electron chi connectivity index (χ0n) is 17.6. The van der Waals surface area contributed by atoms with Crippen LogP contribution < -0.4 is 5.32 Å². The normalized spacial score (nSPS) is 12.1. The number of imidazole rings is 1. The molecule has 1 amide bonds. The quantitative estimate of drug-likeness (QED) is 0.348. The highest BCUT2D eigenvalue weighted by Crippen LogP contribution is 2.27. The second kappa shape index (κ2) is 9.92. The van der Waals surface area contributed by atoms with Gasteiger partial charge in [-0.25, -0.2) is 4.98 Å². The van der Waals surface area contributed by atoms with E-state index in [1.807, 2.05) is 42.6 Å². The van der Waals surface area contributed by atoms with Crippen molar-refractivity contribution in [2.75, 3.05) is 0 Å². The number of amides is 1. The van der Waals surface area contributed by atoms with Gasteiger partial charge in [0.2, 0.25) is 5.91 Å². The number of aromatic nitrogens is 2. The highest BCUT2D eigenvalue weighted by atomic mass is 79.9. The summed E-state index contributed by atoms with van der Waals surface area (Å²) in [5.74, 6) is 0.0770. The van der Waals surface area contributed by atoms with Crippen molar-refractivity contribution in [1.29, 1.82) is 0 Å². The van der Waals surface area contributed by atoms with Gasteiger partial charge < -0.3 is 9.72 Å². The van der Waals surface area contributed by atoms with E-state index in [0.717, 1.165) is 39.9 Å². The Balaban J connectivity index is 1.42. The van der Waals surface area contributed by atoms with Crippen molar-refractivity contribution in [3.63, 3.8) is 0 Å². The Hall–Kier alpha value is -2.92. The predicted octanol–water partition coefficient (Wildman–Crippen LogP) is 5.83. The first-order valence-corrected chi connectivity index (χ1v) is 11.4. The summed E-state index contributed by atoms with van der Waals surface area (Å²) in [4.78, 5) is 17.5. The molecule has 0 saturated heterocycles. The summed E-state index contributed by atoms with van der Waals surface area (Å²) >= 11 is 3.49. The molecule has 5 heteroatoms. The number of nitrogens with zero attached hydrogens (tertiary/aromatic N) is 2. The Morgan fingerprint density at radius 1 is 1.00 bits per heavy atom. The first-order chi connectivity index (χ1) is 15.1. The van der Waals surface area contributed by atoms with Crippen LogP contribution in [-0.2, 0) is 17.6 Å². The molecule has 31 heavy (non-hydrogen) atoms. The smallest absolute Gasteiger partial charge is 0.220 e. The van der Waals surface area contributed by atoms with Gasteiger partial charge >= 0.3 is 0 Å². The van der Waals surface area contributed by atoms with Crippen LogP contribution in [0.25, 0.3) is 16.9 Å². The number of hydrogen-bond donors (Lipinski definition) is 1. The molecule has 0 unspecified atom stereocenters. The zero-order chi connectivity index (χ0) is 21.6. The third-order valence-electron chi connectivity index (χ3n) is 5.45. The molecule has 158 valence electrons. The molecule has 4 aromatic rings. The van der Waals surface area contributed by atoms with Crippen molar-refractivity contribution in [3.8, 4) is 11.3 Å². The molecule has 4 nitrogen and oxygen atoms in total. The average Bonchev–Trinajstić information content (AvgIpc) is 3.16. The molecule has 0 aliphatic carbocycles. The standard InChI is InChI=1S/C26H26BrN3O/c1-19(10-11-20-7-3-2-4-8-20)28-25(31)17-16-23-26(21-12-14-22(27)15-13-21)29-24-9-5-6-18-30(23)24/h2-9,12-15,18-19H,10-11,16-17H2,1H3,(H,28,31)/t19-/m1/s1. The number of hydrogen-bond acceptors (Lipinski definition) is 2. The van der Waals surface area contributed by atoms with Gasteiger partial charge in [0.05, 0.1) is 11.4 Å². The van der Waals surface area contributed by atoms with Crippen molar-refractivity contribution in [1.82, 2.24) is 14.7 Å². The average molecular weight is 476 g/mol. The van der Waals surface area contributed by atoms with E-state index >= 15 is 0 Å². The van der Waals surface area contributed by atoms with Crippen LogP contribution in [0.1, 0.15) is 31.0 Å². The van der Waals surface area contributed by atoms with Crippen LogP contribution in [0, 0.1) is 0 Å². The van der Waals surface area contributed by atoms with E-state index < -0.39 is 0 Å². The molecular formula is C26H26BrN3O. The molecule has 4 rings (SSSR count). The largest absolute Gasteiger partial charge is 0.354 e. The minimum Gasteiger partial charge on any atom is -0.354 e. The van der Waals surface area contributed by atoms with Gasteiger partial charge in [0, 0.05) is 28.7 Å². The molecule has 0 saturated carbocycles. The minimum atomic E-state index is 0.0770. The number of carbonyl (C=O) groups excluding carboxylic acids is 1. The number of halogens is 1. The van der Waals surface area contributed by atoms with Gasteiger partial charge in [0.1, 0.15) is 5.65 Å². The van der Waals surface area contributed by atoms with E-state index in [9.17, 15) is 4.79 Å². The molecule has 0 spiro atoms. The maximum atomic E-state index is 12.6. The summed E-state index contributed by atoms with van der Waals surface area (Å²) < 4.78 is 3.12. The lowest BCUT2D eigenvalue weighted by molar-refractivity contribution is -0.121. The number of nitrogens with one attached hydrogen (secondary N) is 1. The fourth-order valence-corrected chi connectivity index (χ4v) is 4.07. The van der Waals surface area contributed by atoms with E-state index in [4.69, 9.17) is 4.98 Å². The Morgan fingerprint density at radius 3 is 2.52 bits per heavy atom. The van der Waals surface area contributed by atoms with E-state index in [1.54, 1.807) is 0 Å². The van der Waals surface area contributed by atoms with E-state index in [0.29, 0.717) is 12.8 Å². The van der Waals surface area contributed by atoms with Crippen molar-refractivity contribution in [2.45, 2.75) is 38.6 Å². The molecule has 1 atom stereocenters. The Morgan fingerprint density at radius 2 is 1.74 bits per heavy atom. The second-order valence-electron chi connectivity index (χ2n) is 7.84. The molecule has 2 aromatic carbocycles. The van der Waals surface area contributed by atoms with E-state index in [-0.39, 0.29) is 11.9 Å². The molecule has 2 heterocycles. The summed E-state index contributed by atoms with van der Waals surface area (Å²) in [6.45, 7) is 2.07. The second-order valence-corrected chi connectivity index (χ2v) is 8.75. The van der Waals surface area contributed by atoms with Gasteiger partial charge in [-0.05, 0) is 56.0 Å². The first kappa shape index (κ1) is 21.3. The molecular weight excluding hydrogens is 450 g/mol. The Labute approximate surface area is 191 Å². The Kier molecular flexibility index (Phi) is 6.82. The van der Waals surface area contributed by atoms with Gasteiger partial charge in [-0.3, -0.25) is 4.79 Å². The van der Waals surface area contributed by atoms with E-state index in [2.05, 4.69) is 69.0 Å². The fourth-order valence-electron chi connectivity index (χ4n) is 3.80. The van der Waals surface area contributed by atoms with E-state index in [1.165, 1.54) is 5.56 Å². The number of rotatable bonds is 8. The van der Waals surface area contributed by atoms with Crippen LogP contribution in [0.15, 0.2) is 83.5 Å². The molecule has 0 radical (unpaired) electrons. The van der Waals surface area contributed by atoms with Crippen molar-refractivity contribution < 1.29 is 4.79 Å². The molecule has 2 aromatic heterocycles. The number of benzene rings is 2. The highest BCUT2D eigenvalue weighted by Gasteiger charge is 2.16. The lowest BCUT2D eigenvalue weighted by Gasteiger charge is -2.14. The lowest BCUT2D eigenvalue weighted by Crippen LogP contribution is -2.33. The summed E-state index contributed by atoms with van der Waals surface area (Å²) in [5.41, 5.74) is 5.24. The molecule has 1 N–H and O–H groups in total. The molecule has 0 fully saturated rings. The summed E-state index contributed by atoms with van der Waals surface area (Å²) in [6.07, 6.45) is 4.97. The summed E-state index contributed by atoms with van der Waals surface area (Å²) in [5, 5.41) is 3.15.